The molecule has 0 atom stereocenters. The predicted octanol–water partition coefficient (Wildman–Crippen LogP) is 6.48. The molecular weight excluding hydrogens is 708 g/mol. The van der Waals surface area contributed by atoms with E-state index in [0.717, 1.165) is 38.5 Å². The normalized spacial score (nSPS) is 11.0. The molecule has 2 aromatic rings. The molecule has 0 aliphatic carbocycles. The smallest absolute Gasteiger partial charge is 0.337 e. The second-order valence-corrected chi connectivity index (χ2v) is 10.7. The highest BCUT2D eigenvalue weighted by molar-refractivity contribution is 9.13. The minimum absolute atomic E-state index is 0.0466. The Morgan fingerprint density at radius 1 is 0.706 bits per heavy atom. The molecule has 0 heterocycles. The van der Waals surface area contributed by atoms with Gasteiger partial charge >= 0.3 is 11.9 Å². The Morgan fingerprint density at radius 3 is 1.59 bits per heavy atom. The van der Waals surface area contributed by atoms with E-state index in [-0.39, 0.29) is 45.4 Å². The van der Waals surface area contributed by atoms with Crippen LogP contribution in [0.1, 0.15) is 86.9 Å². The molecule has 0 fully saturated rings. The number of nitrogens with two attached hydrogens (primary N) is 1. The SMILES string of the molecule is CCCCCCCCNC(=O)c1c(Br)c(Br)c(C(N)=O)c2c(C(=O)O)c(Br)c(Br)c(C(=O)O)c12. The van der Waals surface area contributed by atoms with E-state index in [4.69, 9.17) is 5.73 Å². The number of carbonyl (C=O) groups excluding carboxylic acids is 2. The van der Waals surface area contributed by atoms with E-state index in [0.29, 0.717) is 6.54 Å². The first-order valence-corrected chi connectivity index (χ1v) is 13.5. The molecule has 12 heteroatoms. The number of unbranched alkanes of at least 4 members (excludes halogenated alkanes) is 5. The number of hydrogen-bond donors (Lipinski definition) is 4. The molecule has 0 saturated heterocycles. The van der Waals surface area contributed by atoms with Gasteiger partial charge in [0.2, 0.25) is 0 Å². The van der Waals surface area contributed by atoms with Crippen molar-refractivity contribution in [2.24, 2.45) is 5.73 Å². The summed E-state index contributed by atoms with van der Waals surface area (Å²) in [6.07, 6.45) is 6.09. The van der Waals surface area contributed by atoms with Crippen molar-refractivity contribution in [3.63, 3.8) is 0 Å². The van der Waals surface area contributed by atoms with Gasteiger partial charge in [-0.25, -0.2) is 9.59 Å². The second kappa shape index (κ2) is 12.5. The Morgan fingerprint density at radius 2 is 1.12 bits per heavy atom. The van der Waals surface area contributed by atoms with E-state index in [1.54, 1.807) is 0 Å². The third kappa shape index (κ3) is 5.83. The van der Waals surface area contributed by atoms with Gasteiger partial charge in [-0.2, -0.15) is 0 Å². The van der Waals surface area contributed by atoms with Gasteiger partial charge in [-0.1, -0.05) is 39.0 Å². The molecule has 2 rings (SSSR count). The number of rotatable bonds is 11. The maximum Gasteiger partial charge on any atom is 0.337 e. The lowest BCUT2D eigenvalue weighted by atomic mass is 9.90. The zero-order valence-electron chi connectivity index (χ0n) is 18.1. The fourth-order valence-corrected chi connectivity index (χ4v) is 5.97. The van der Waals surface area contributed by atoms with Crippen molar-refractivity contribution < 1.29 is 29.4 Å². The third-order valence-electron chi connectivity index (χ3n) is 5.23. The molecule has 34 heavy (non-hydrogen) atoms. The maximum atomic E-state index is 13.3. The minimum atomic E-state index is -1.44. The minimum Gasteiger partial charge on any atom is -0.478 e. The molecule has 0 aliphatic rings. The van der Waals surface area contributed by atoms with Crippen LogP contribution in [0.5, 0.6) is 0 Å². The largest absolute Gasteiger partial charge is 0.478 e. The van der Waals surface area contributed by atoms with Crippen molar-refractivity contribution in [1.82, 2.24) is 5.32 Å². The number of hydrogen-bond acceptors (Lipinski definition) is 4. The molecule has 0 bridgehead atoms. The van der Waals surface area contributed by atoms with Crippen LogP contribution in [0.4, 0.5) is 0 Å². The van der Waals surface area contributed by atoms with Crippen LogP contribution in [-0.2, 0) is 0 Å². The Kier molecular flexibility index (Phi) is 10.5. The Balaban J connectivity index is 2.77. The number of aromatic carboxylic acids is 2. The molecule has 0 radical (unpaired) electrons. The lowest BCUT2D eigenvalue weighted by Gasteiger charge is -2.20. The van der Waals surface area contributed by atoms with Crippen molar-refractivity contribution >= 4 is 98.2 Å². The number of benzene rings is 2. The Bertz CT molecular complexity index is 1160. The number of fused-ring (bicyclic) bond motifs is 1. The molecule has 0 unspecified atom stereocenters. The molecule has 5 N–H and O–H groups in total. The summed E-state index contributed by atoms with van der Waals surface area (Å²) in [5, 5.41) is 22.2. The van der Waals surface area contributed by atoms with Crippen LogP contribution >= 0.6 is 63.7 Å². The predicted molar refractivity (Wildman–Crippen MR) is 143 cm³/mol. The van der Waals surface area contributed by atoms with Crippen LogP contribution in [0.3, 0.4) is 0 Å². The number of carbonyl (C=O) groups is 4. The zero-order chi connectivity index (χ0) is 25.7. The monoisotopic (exact) mass is 726 g/mol. The third-order valence-corrected chi connectivity index (χ3v) is 9.47. The van der Waals surface area contributed by atoms with Crippen molar-refractivity contribution in [2.45, 2.75) is 45.4 Å². The summed E-state index contributed by atoms with van der Waals surface area (Å²) in [6, 6.07) is 0. The van der Waals surface area contributed by atoms with Gasteiger partial charge < -0.3 is 21.3 Å². The number of carboxylic acid groups (broad SMARTS) is 2. The van der Waals surface area contributed by atoms with Gasteiger partial charge in [-0.3, -0.25) is 9.59 Å². The van der Waals surface area contributed by atoms with Crippen molar-refractivity contribution in [3.05, 3.63) is 40.1 Å². The van der Waals surface area contributed by atoms with E-state index in [1.807, 2.05) is 0 Å². The van der Waals surface area contributed by atoms with E-state index in [2.05, 4.69) is 76.0 Å². The van der Waals surface area contributed by atoms with E-state index in [1.165, 1.54) is 0 Å². The van der Waals surface area contributed by atoms with Gasteiger partial charge in [-0.15, -0.1) is 0 Å². The summed E-state index contributed by atoms with van der Waals surface area (Å²) in [7, 11) is 0. The molecule has 184 valence electrons. The topological polar surface area (TPSA) is 147 Å². The van der Waals surface area contributed by atoms with Gasteiger partial charge in [0.15, 0.2) is 0 Å². The van der Waals surface area contributed by atoms with E-state index >= 15 is 0 Å². The lowest BCUT2D eigenvalue weighted by Crippen LogP contribution is -2.27. The lowest BCUT2D eigenvalue weighted by molar-refractivity contribution is 0.0682. The summed E-state index contributed by atoms with van der Waals surface area (Å²) in [5.74, 6) is -4.48. The Hall–Kier alpha value is -1.50. The quantitative estimate of drug-likeness (QED) is 0.195. The molecule has 2 amide bonds. The number of carboxylic acids is 2. The standard InChI is InChI=1S/C22H22Br4N2O6/c1-2-3-4-5-6-7-8-28-20(30)12-10-9(11(19(27)29)15(23)16(12)24)13(21(31)32)17(25)18(26)14(10)22(33)34/h2-8H2,1H3,(H2,27,29)(H,28,30)(H,31,32)(H,33,34). The summed E-state index contributed by atoms with van der Waals surface area (Å²) >= 11 is 12.8. The highest BCUT2D eigenvalue weighted by Gasteiger charge is 2.33. The van der Waals surface area contributed by atoms with Gasteiger partial charge in [0.1, 0.15) is 0 Å². The summed E-state index contributed by atoms with van der Waals surface area (Å²) in [4.78, 5) is 50.0. The first-order chi connectivity index (χ1) is 16.0. The number of halogens is 4. The average molecular weight is 730 g/mol. The average Bonchev–Trinajstić information content (AvgIpc) is 2.74. The van der Waals surface area contributed by atoms with Gasteiger partial charge in [0, 0.05) is 35.2 Å². The van der Waals surface area contributed by atoms with Crippen LogP contribution in [0, 0.1) is 0 Å². The van der Waals surface area contributed by atoms with Crippen molar-refractivity contribution in [3.8, 4) is 0 Å². The molecular formula is C22H22Br4N2O6. The fourth-order valence-electron chi connectivity index (χ4n) is 3.67. The van der Waals surface area contributed by atoms with Crippen LogP contribution in [0.2, 0.25) is 0 Å². The molecule has 2 aromatic carbocycles. The van der Waals surface area contributed by atoms with E-state index in [9.17, 15) is 29.4 Å². The van der Waals surface area contributed by atoms with Crippen LogP contribution in [0.25, 0.3) is 10.8 Å². The van der Waals surface area contributed by atoms with Gasteiger partial charge in [0.05, 0.1) is 22.3 Å². The molecule has 0 aromatic heterocycles. The molecule has 0 spiro atoms. The number of nitrogens with one attached hydrogen (secondary N) is 1. The first kappa shape index (κ1) is 28.7. The van der Waals surface area contributed by atoms with Crippen LogP contribution < -0.4 is 11.1 Å². The van der Waals surface area contributed by atoms with Crippen molar-refractivity contribution in [2.75, 3.05) is 6.54 Å². The highest BCUT2D eigenvalue weighted by Crippen LogP contribution is 2.46. The summed E-state index contributed by atoms with van der Waals surface area (Å²) < 4.78 is -0.0489. The van der Waals surface area contributed by atoms with Crippen LogP contribution in [-0.4, -0.2) is 40.5 Å². The van der Waals surface area contributed by atoms with Crippen molar-refractivity contribution in [1.29, 1.82) is 0 Å². The number of amides is 2. The summed E-state index contributed by atoms with van der Waals surface area (Å²) in [6.45, 7) is 2.47. The fraction of sp³-hybridized carbons (Fsp3) is 0.364. The second-order valence-electron chi connectivity index (χ2n) is 7.50. The molecule has 0 saturated carbocycles. The maximum absolute atomic E-state index is 13.3. The first-order valence-electron chi connectivity index (χ1n) is 10.4. The highest BCUT2D eigenvalue weighted by atomic mass is 79.9. The molecule has 0 aliphatic heterocycles. The zero-order valence-corrected chi connectivity index (χ0v) is 24.4. The Labute approximate surface area is 229 Å². The van der Waals surface area contributed by atoms with Crippen LogP contribution in [0.15, 0.2) is 17.9 Å². The summed E-state index contributed by atoms with van der Waals surface area (Å²) in [5.41, 5.74) is 4.38. The van der Waals surface area contributed by atoms with E-state index < -0.39 is 29.3 Å². The van der Waals surface area contributed by atoms with Gasteiger partial charge in [-0.05, 0) is 70.1 Å². The molecule has 8 nitrogen and oxygen atoms in total. The van der Waals surface area contributed by atoms with Gasteiger partial charge in [0.25, 0.3) is 11.8 Å². The number of primary amides is 1.